The van der Waals surface area contributed by atoms with Crippen LogP contribution in [0.4, 0.5) is 19.0 Å². The Balaban J connectivity index is 1.91. The predicted octanol–water partition coefficient (Wildman–Crippen LogP) is 5.38. The summed E-state index contributed by atoms with van der Waals surface area (Å²) in [5.41, 5.74) is 0.428. The molecule has 3 aromatic rings. The van der Waals surface area contributed by atoms with Gasteiger partial charge < -0.3 is 19.5 Å². The smallest absolute Gasteiger partial charge is 0.416 e. The number of hydrogen-bond acceptors (Lipinski definition) is 6. The highest BCUT2D eigenvalue weighted by molar-refractivity contribution is 5.91. The molecule has 9 heteroatoms. The fourth-order valence-electron chi connectivity index (χ4n) is 3.24. The summed E-state index contributed by atoms with van der Waals surface area (Å²) in [4.78, 5) is 8.90. The molecule has 1 atom stereocenters. The lowest BCUT2D eigenvalue weighted by atomic mass is 10.1. The van der Waals surface area contributed by atoms with E-state index in [0.29, 0.717) is 46.2 Å². The molecule has 2 aromatic carbocycles. The molecule has 1 aromatic heterocycles. The van der Waals surface area contributed by atoms with Gasteiger partial charge in [-0.05, 0) is 37.1 Å². The first-order chi connectivity index (χ1) is 15.2. The van der Waals surface area contributed by atoms with Gasteiger partial charge >= 0.3 is 6.18 Å². The molecule has 1 N–H and O–H groups in total. The van der Waals surface area contributed by atoms with Crippen molar-refractivity contribution in [1.29, 1.82) is 0 Å². The van der Waals surface area contributed by atoms with E-state index in [1.165, 1.54) is 6.07 Å². The number of nitrogens with zero attached hydrogens (tertiary/aromatic N) is 2. The molecular weight excluding hydrogens is 423 g/mol. The van der Waals surface area contributed by atoms with E-state index in [4.69, 9.17) is 14.2 Å². The first-order valence-corrected chi connectivity index (χ1v) is 10.2. The maximum Gasteiger partial charge on any atom is 0.416 e. The maximum atomic E-state index is 13.0. The van der Waals surface area contributed by atoms with Gasteiger partial charge in [0.1, 0.15) is 18.2 Å². The summed E-state index contributed by atoms with van der Waals surface area (Å²) in [6, 6.07) is 8.71. The number of anilines is 1. The molecule has 0 aliphatic carbocycles. The third kappa shape index (κ3) is 5.59. The lowest BCUT2D eigenvalue weighted by Gasteiger charge is -2.17. The van der Waals surface area contributed by atoms with Crippen LogP contribution in [-0.2, 0) is 17.5 Å². The van der Waals surface area contributed by atoms with E-state index in [-0.39, 0.29) is 12.6 Å². The maximum absolute atomic E-state index is 13.0. The minimum atomic E-state index is -4.39. The Labute approximate surface area is 184 Å². The van der Waals surface area contributed by atoms with Crippen LogP contribution in [0.15, 0.2) is 36.4 Å². The Morgan fingerprint density at radius 2 is 1.84 bits per heavy atom. The molecule has 0 radical (unpaired) electrons. The number of rotatable bonds is 9. The van der Waals surface area contributed by atoms with Gasteiger partial charge in [-0.15, -0.1) is 0 Å². The van der Waals surface area contributed by atoms with Crippen molar-refractivity contribution in [3.05, 3.63) is 53.3 Å². The van der Waals surface area contributed by atoms with Crippen molar-refractivity contribution in [2.75, 3.05) is 26.1 Å². The van der Waals surface area contributed by atoms with Crippen LogP contribution in [0.5, 0.6) is 11.5 Å². The number of benzene rings is 2. The summed E-state index contributed by atoms with van der Waals surface area (Å²) in [6.45, 7) is 4.26. The molecule has 6 nitrogen and oxygen atoms in total. The lowest BCUT2D eigenvalue weighted by molar-refractivity contribution is -0.137. The van der Waals surface area contributed by atoms with E-state index >= 15 is 0 Å². The number of aryl methyl sites for hydroxylation is 1. The van der Waals surface area contributed by atoms with Gasteiger partial charge in [-0.1, -0.05) is 19.1 Å². The van der Waals surface area contributed by atoms with E-state index in [9.17, 15) is 13.2 Å². The standard InChI is InChI=1S/C23H26F3N3O3/c1-5-17(30-3)13-32-21-10-18-19(11-20(21)31-4)28-14(2)29-22(18)27-12-15-7-6-8-16(9-15)23(24,25)26/h6-11,17H,5,12-13H2,1-4H3,(H,27,28,29). The number of fused-ring (bicyclic) bond motifs is 1. The third-order valence-electron chi connectivity index (χ3n) is 5.02. The zero-order valence-corrected chi connectivity index (χ0v) is 18.4. The second-order valence-corrected chi connectivity index (χ2v) is 7.27. The van der Waals surface area contributed by atoms with E-state index in [1.54, 1.807) is 39.3 Å². The number of ether oxygens (including phenoxy) is 3. The minimum absolute atomic E-state index is 0.0665. The predicted molar refractivity (Wildman–Crippen MR) is 116 cm³/mol. The number of aromatic nitrogens is 2. The molecule has 0 amide bonds. The average molecular weight is 449 g/mol. The van der Waals surface area contributed by atoms with E-state index < -0.39 is 11.7 Å². The molecule has 3 rings (SSSR count). The molecule has 0 spiro atoms. The number of methoxy groups -OCH3 is 2. The highest BCUT2D eigenvalue weighted by atomic mass is 19.4. The number of nitrogens with one attached hydrogen (secondary N) is 1. The summed E-state index contributed by atoms with van der Waals surface area (Å²) in [6.07, 6.45) is -3.67. The number of alkyl halides is 3. The quantitative estimate of drug-likeness (QED) is 0.473. The monoisotopic (exact) mass is 449 g/mol. The Morgan fingerprint density at radius 3 is 2.50 bits per heavy atom. The molecular formula is C23H26F3N3O3. The normalized spacial score (nSPS) is 12.6. The van der Waals surface area contributed by atoms with Crippen molar-refractivity contribution in [3.8, 4) is 11.5 Å². The SMILES string of the molecule is CCC(COc1cc2c(NCc3cccc(C(F)(F)F)c3)nc(C)nc2cc1OC)OC. The summed E-state index contributed by atoms with van der Waals surface area (Å²) in [5.74, 6) is 2.04. The van der Waals surface area contributed by atoms with E-state index in [0.717, 1.165) is 18.6 Å². The molecule has 0 bridgehead atoms. The van der Waals surface area contributed by atoms with Gasteiger partial charge in [-0.25, -0.2) is 9.97 Å². The highest BCUT2D eigenvalue weighted by Gasteiger charge is 2.30. The fourth-order valence-corrected chi connectivity index (χ4v) is 3.24. The lowest BCUT2D eigenvalue weighted by Crippen LogP contribution is -2.19. The zero-order valence-electron chi connectivity index (χ0n) is 18.4. The van der Waals surface area contributed by atoms with Gasteiger partial charge in [0, 0.05) is 25.1 Å². The van der Waals surface area contributed by atoms with Gasteiger partial charge in [0.15, 0.2) is 11.5 Å². The van der Waals surface area contributed by atoms with Crippen LogP contribution in [-0.4, -0.2) is 36.9 Å². The van der Waals surface area contributed by atoms with Crippen molar-refractivity contribution in [2.24, 2.45) is 0 Å². The van der Waals surface area contributed by atoms with Crippen LogP contribution in [0.2, 0.25) is 0 Å². The van der Waals surface area contributed by atoms with E-state index in [2.05, 4.69) is 15.3 Å². The zero-order chi connectivity index (χ0) is 23.3. The molecule has 0 saturated carbocycles. The second-order valence-electron chi connectivity index (χ2n) is 7.27. The Morgan fingerprint density at radius 1 is 1.06 bits per heavy atom. The summed E-state index contributed by atoms with van der Waals surface area (Å²) < 4.78 is 55.8. The van der Waals surface area contributed by atoms with Crippen molar-refractivity contribution in [3.63, 3.8) is 0 Å². The number of halogens is 3. The fraction of sp³-hybridized carbons (Fsp3) is 0.391. The molecule has 0 aliphatic heterocycles. The largest absolute Gasteiger partial charge is 0.493 e. The molecule has 32 heavy (non-hydrogen) atoms. The van der Waals surface area contributed by atoms with Crippen LogP contribution in [0.25, 0.3) is 10.9 Å². The Hall–Kier alpha value is -3.07. The van der Waals surface area contributed by atoms with E-state index in [1.807, 2.05) is 6.92 Å². The first kappa shape index (κ1) is 23.6. The van der Waals surface area contributed by atoms with Crippen molar-refractivity contribution in [1.82, 2.24) is 9.97 Å². The summed E-state index contributed by atoms with van der Waals surface area (Å²) >= 11 is 0. The third-order valence-corrected chi connectivity index (χ3v) is 5.02. The van der Waals surface area contributed by atoms with Crippen molar-refractivity contribution >= 4 is 16.7 Å². The first-order valence-electron chi connectivity index (χ1n) is 10.2. The minimum Gasteiger partial charge on any atom is -0.493 e. The van der Waals surface area contributed by atoms with Gasteiger partial charge in [-0.2, -0.15) is 13.2 Å². The van der Waals surface area contributed by atoms with Gasteiger partial charge in [0.25, 0.3) is 0 Å². The molecule has 172 valence electrons. The number of hydrogen-bond donors (Lipinski definition) is 1. The van der Waals surface area contributed by atoms with Gasteiger partial charge in [-0.3, -0.25) is 0 Å². The average Bonchev–Trinajstić information content (AvgIpc) is 2.77. The van der Waals surface area contributed by atoms with Crippen molar-refractivity contribution < 1.29 is 27.4 Å². The van der Waals surface area contributed by atoms with Gasteiger partial charge in [0.05, 0.1) is 24.3 Å². The second kappa shape index (κ2) is 10.0. The molecule has 0 aliphatic rings. The summed E-state index contributed by atoms with van der Waals surface area (Å²) in [7, 11) is 3.17. The van der Waals surface area contributed by atoms with Crippen LogP contribution in [0.1, 0.15) is 30.3 Å². The highest BCUT2D eigenvalue weighted by Crippen LogP contribution is 2.35. The summed E-state index contributed by atoms with van der Waals surface area (Å²) in [5, 5.41) is 3.81. The topological polar surface area (TPSA) is 65.5 Å². The Kier molecular flexibility index (Phi) is 7.40. The molecule has 1 unspecified atom stereocenters. The molecule has 0 saturated heterocycles. The van der Waals surface area contributed by atoms with Gasteiger partial charge in [0.2, 0.25) is 0 Å². The van der Waals surface area contributed by atoms with Crippen LogP contribution >= 0.6 is 0 Å². The molecule has 1 heterocycles. The van der Waals surface area contributed by atoms with Crippen LogP contribution in [0, 0.1) is 6.92 Å². The molecule has 0 fully saturated rings. The van der Waals surface area contributed by atoms with Crippen LogP contribution in [0.3, 0.4) is 0 Å². The van der Waals surface area contributed by atoms with Crippen LogP contribution < -0.4 is 14.8 Å². The Bertz CT molecular complexity index is 1070. The van der Waals surface area contributed by atoms with Crippen molar-refractivity contribution in [2.45, 2.75) is 39.1 Å².